The van der Waals surface area contributed by atoms with Crippen LogP contribution in [-0.2, 0) is 11.3 Å². The van der Waals surface area contributed by atoms with Gasteiger partial charge in [0.1, 0.15) is 0 Å². The normalized spacial score (nSPS) is 9.54. The molecule has 1 aromatic heterocycles. The lowest BCUT2D eigenvalue weighted by Crippen LogP contribution is -2.22. The molecule has 0 aliphatic heterocycles. The van der Waals surface area contributed by atoms with Crippen LogP contribution in [0.1, 0.15) is 18.7 Å². The Bertz CT molecular complexity index is 268. The molecule has 6 heteroatoms. The highest BCUT2D eigenvalue weighted by Crippen LogP contribution is 1.90. The standard InChI is InChI=1S/C7H11N5O/c1-2-3-4-7(13)8-5-6-9-11-12-10-6/h2H,1,3-5H2,(H,8,13)(H,9,10,11,12). The summed E-state index contributed by atoms with van der Waals surface area (Å²) < 4.78 is 0. The maximum absolute atomic E-state index is 11.1. The number of H-pyrrole nitrogens is 1. The highest BCUT2D eigenvalue weighted by molar-refractivity contribution is 5.75. The third kappa shape index (κ3) is 3.46. The van der Waals surface area contributed by atoms with Crippen molar-refractivity contribution in [2.45, 2.75) is 19.4 Å². The third-order valence-electron chi connectivity index (χ3n) is 1.41. The number of nitrogens with zero attached hydrogens (tertiary/aromatic N) is 3. The fourth-order valence-electron chi connectivity index (χ4n) is 0.757. The summed E-state index contributed by atoms with van der Waals surface area (Å²) in [5.41, 5.74) is 0. The molecule has 1 aromatic rings. The maximum atomic E-state index is 11.1. The van der Waals surface area contributed by atoms with Gasteiger partial charge in [0.2, 0.25) is 5.91 Å². The summed E-state index contributed by atoms with van der Waals surface area (Å²) >= 11 is 0. The zero-order valence-electron chi connectivity index (χ0n) is 7.16. The van der Waals surface area contributed by atoms with E-state index in [1.54, 1.807) is 6.08 Å². The third-order valence-corrected chi connectivity index (χ3v) is 1.41. The van der Waals surface area contributed by atoms with Crippen LogP contribution in [-0.4, -0.2) is 26.5 Å². The average Bonchev–Trinajstić information content (AvgIpc) is 2.64. The quantitative estimate of drug-likeness (QED) is 0.615. The molecular formula is C7H11N5O. The largest absolute Gasteiger partial charge is 0.349 e. The van der Waals surface area contributed by atoms with Gasteiger partial charge in [0.05, 0.1) is 6.54 Å². The minimum atomic E-state index is -0.0373. The molecule has 0 bridgehead atoms. The number of nitrogens with one attached hydrogen (secondary N) is 2. The van der Waals surface area contributed by atoms with Crippen LogP contribution in [0.5, 0.6) is 0 Å². The fourth-order valence-corrected chi connectivity index (χ4v) is 0.757. The van der Waals surface area contributed by atoms with E-state index >= 15 is 0 Å². The van der Waals surface area contributed by atoms with Crippen LogP contribution >= 0.6 is 0 Å². The predicted molar refractivity (Wildman–Crippen MR) is 45.5 cm³/mol. The minimum Gasteiger partial charge on any atom is -0.349 e. The summed E-state index contributed by atoms with van der Waals surface area (Å²) in [6, 6.07) is 0. The number of amides is 1. The Morgan fingerprint density at radius 1 is 1.69 bits per heavy atom. The molecule has 1 amide bonds. The van der Waals surface area contributed by atoms with Crippen LogP contribution in [0.15, 0.2) is 12.7 Å². The fraction of sp³-hybridized carbons (Fsp3) is 0.429. The molecule has 6 nitrogen and oxygen atoms in total. The van der Waals surface area contributed by atoms with Crippen molar-refractivity contribution in [3.05, 3.63) is 18.5 Å². The Kier molecular flexibility index (Phi) is 3.62. The Morgan fingerprint density at radius 2 is 2.54 bits per heavy atom. The monoisotopic (exact) mass is 181 g/mol. The van der Waals surface area contributed by atoms with Crippen LogP contribution < -0.4 is 5.32 Å². The molecule has 0 radical (unpaired) electrons. The van der Waals surface area contributed by atoms with Gasteiger partial charge in [-0.2, -0.15) is 5.21 Å². The van der Waals surface area contributed by atoms with Crippen molar-refractivity contribution < 1.29 is 4.79 Å². The van der Waals surface area contributed by atoms with Crippen molar-refractivity contribution in [1.29, 1.82) is 0 Å². The van der Waals surface area contributed by atoms with E-state index in [2.05, 4.69) is 32.5 Å². The summed E-state index contributed by atoms with van der Waals surface area (Å²) in [6.45, 7) is 3.83. The van der Waals surface area contributed by atoms with Crippen LogP contribution in [0.3, 0.4) is 0 Å². The van der Waals surface area contributed by atoms with Crippen LogP contribution in [0.2, 0.25) is 0 Å². The lowest BCUT2D eigenvalue weighted by Gasteiger charge is -1.99. The van der Waals surface area contributed by atoms with E-state index in [0.717, 1.165) is 0 Å². The number of rotatable bonds is 5. The lowest BCUT2D eigenvalue weighted by molar-refractivity contribution is -0.121. The molecule has 0 aliphatic carbocycles. The Balaban J connectivity index is 2.19. The van der Waals surface area contributed by atoms with Gasteiger partial charge < -0.3 is 5.32 Å². The maximum Gasteiger partial charge on any atom is 0.220 e. The van der Waals surface area contributed by atoms with E-state index in [4.69, 9.17) is 0 Å². The SMILES string of the molecule is C=CCCC(=O)NCc1nn[nH]n1. The smallest absolute Gasteiger partial charge is 0.220 e. The van der Waals surface area contributed by atoms with Crippen molar-refractivity contribution in [3.8, 4) is 0 Å². The van der Waals surface area contributed by atoms with Crippen molar-refractivity contribution in [2.75, 3.05) is 0 Å². The van der Waals surface area contributed by atoms with Gasteiger partial charge in [0.15, 0.2) is 5.82 Å². The van der Waals surface area contributed by atoms with Gasteiger partial charge in [-0.1, -0.05) is 11.3 Å². The first-order valence-corrected chi connectivity index (χ1v) is 3.93. The van der Waals surface area contributed by atoms with Gasteiger partial charge in [-0.15, -0.1) is 16.8 Å². The van der Waals surface area contributed by atoms with Gasteiger partial charge in [-0.3, -0.25) is 4.79 Å². The van der Waals surface area contributed by atoms with Gasteiger partial charge >= 0.3 is 0 Å². The van der Waals surface area contributed by atoms with Gasteiger partial charge in [-0.25, -0.2) is 0 Å². The molecule has 0 unspecified atom stereocenters. The highest BCUT2D eigenvalue weighted by atomic mass is 16.1. The van der Waals surface area contributed by atoms with Gasteiger partial charge in [-0.05, 0) is 6.42 Å². The zero-order valence-corrected chi connectivity index (χ0v) is 7.16. The molecule has 0 aliphatic rings. The number of tetrazole rings is 1. The summed E-state index contributed by atoms with van der Waals surface area (Å²) in [7, 11) is 0. The molecule has 1 heterocycles. The van der Waals surface area contributed by atoms with Gasteiger partial charge in [0.25, 0.3) is 0 Å². The van der Waals surface area contributed by atoms with E-state index in [0.29, 0.717) is 25.2 Å². The van der Waals surface area contributed by atoms with Crippen LogP contribution in [0.4, 0.5) is 0 Å². The van der Waals surface area contributed by atoms with Crippen molar-refractivity contribution in [3.63, 3.8) is 0 Å². The number of aromatic nitrogens is 4. The average molecular weight is 181 g/mol. The number of carbonyl (C=O) groups excluding carboxylic acids is 1. The minimum absolute atomic E-state index is 0.0373. The number of aromatic amines is 1. The number of carbonyl (C=O) groups is 1. The van der Waals surface area contributed by atoms with Crippen molar-refractivity contribution >= 4 is 5.91 Å². The Labute approximate surface area is 75.4 Å². The van der Waals surface area contributed by atoms with Crippen LogP contribution in [0, 0.1) is 0 Å². The first-order chi connectivity index (χ1) is 6.33. The first kappa shape index (κ1) is 9.37. The summed E-state index contributed by atoms with van der Waals surface area (Å²) in [4.78, 5) is 11.1. The molecule has 0 spiro atoms. The molecule has 0 saturated carbocycles. The van der Waals surface area contributed by atoms with Crippen molar-refractivity contribution in [1.82, 2.24) is 25.9 Å². The molecule has 70 valence electrons. The second-order valence-corrected chi connectivity index (χ2v) is 2.43. The number of hydrogen-bond acceptors (Lipinski definition) is 4. The topological polar surface area (TPSA) is 83.6 Å². The second kappa shape index (κ2) is 5.02. The molecular weight excluding hydrogens is 170 g/mol. The first-order valence-electron chi connectivity index (χ1n) is 3.93. The molecule has 0 fully saturated rings. The van der Waals surface area contributed by atoms with E-state index in [9.17, 15) is 4.79 Å². The molecule has 0 saturated heterocycles. The Hall–Kier alpha value is -1.72. The van der Waals surface area contributed by atoms with Crippen LogP contribution in [0.25, 0.3) is 0 Å². The zero-order chi connectivity index (χ0) is 9.52. The van der Waals surface area contributed by atoms with E-state index in [1.165, 1.54) is 0 Å². The lowest BCUT2D eigenvalue weighted by atomic mass is 10.3. The molecule has 13 heavy (non-hydrogen) atoms. The molecule has 0 aromatic carbocycles. The summed E-state index contributed by atoms with van der Waals surface area (Å²) in [5, 5.41) is 15.7. The van der Waals surface area contributed by atoms with E-state index in [-0.39, 0.29) is 5.91 Å². The molecule has 2 N–H and O–H groups in total. The van der Waals surface area contributed by atoms with Gasteiger partial charge in [0, 0.05) is 6.42 Å². The van der Waals surface area contributed by atoms with Crippen molar-refractivity contribution in [2.24, 2.45) is 0 Å². The summed E-state index contributed by atoms with van der Waals surface area (Å²) in [6.07, 6.45) is 2.83. The Morgan fingerprint density at radius 3 is 3.15 bits per heavy atom. The van der Waals surface area contributed by atoms with E-state index < -0.39 is 0 Å². The number of allylic oxidation sites excluding steroid dienone is 1. The highest BCUT2D eigenvalue weighted by Gasteiger charge is 2.01. The molecule has 1 rings (SSSR count). The predicted octanol–water partition coefficient (Wildman–Crippen LogP) is -0.218. The number of hydrogen-bond donors (Lipinski definition) is 2. The summed E-state index contributed by atoms with van der Waals surface area (Å²) in [5.74, 6) is 0.441. The van der Waals surface area contributed by atoms with E-state index in [1.807, 2.05) is 0 Å². The second-order valence-electron chi connectivity index (χ2n) is 2.43. The molecule has 0 atom stereocenters.